The van der Waals surface area contributed by atoms with Gasteiger partial charge >= 0.3 is 0 Å². The maximum Gasteiger partial charge on any atom is 0.271 e. The summed E-state index contributed by atoms with van der Waals surface area (Å²) >= 11 is 0. The van der Waals surface area contributed by atoms with Crippen LogP contribution in [0.4, 0.5) is 0 Å². The molecule has 7 nitrogen and oxygen atoms in total. The standard InChI is InChI=1S/C14H13N3O3.Ni.H2O/c1-20-12-4-2-3-11(13(12)18)9-16-17-14(19)10-5-7-15-8-6-10;;/h2-9,18H,1H3,(H,17,19);;1H2/b16-9+;;. The fraction of sp³-hybridized carbons (Fsp3) is 0.0714. The van der Waals surface area contributed by atoms with Crippen LogP contribution in [-0.4, -0.2) is 34.8 Å². The van der Waals surface area contributed by atoms with Crippen molar-refractivity contribution in [2.75, 3.05) is 7.11 Å². The van der Waals surface area contributed by atoms with Crippen LogP contribution >= 0.6 is 0 Å². The Morgan fingerprint density at radius 2 is 2.00 bits per heavy atom. The van der Waals surface area contributed by atoms with E-state index in [-0.39, 0.29) is 33.6 Å². The van der Waals surface area contributed by atoms with Gasteiger partial charge in [0.05, 0.1) is 13.3 Å². The van der Waals surface area contributed by atoms with E-state index in [1.165, 1.54) is 25.7 Å². The maximum absolute atomic E-state index is 11.7. The Balaban J connectivity index is 0.00000220. The van der Waals surface area contributed by atoms with Gasteiger partial charge in [0.1, 0.15) is 0 Å². The molecule has 4 N–H and O–H groups in total. The normalized spacial score (nSPS) is 9.50. The molecule has 0 bridgehead atoms. The molecule has 0 spiro atoms. The van der Waals surface area contributed by atoms with Crippen LogP contribution in [0.3, 0.4) is 0 Å². The number of carbonyl (C=O) groups is 1. The van der Waals surface area contributed by atoms with Gasteiger partial charge in [-0.3, -0.25) is 9.78 Å². The molecule has 0 radical (unpaired) electrons. The van der Waals surface area contributed by atoms with Gasteiger partial charge in [0.2, 0.25) is 0 Å². The summed E-state index contributed by atoms with van der Waals surface area (Å²) in [7, 11) is 1.46. The van der Waals surface area contributed by atoms with Crippen molar-refractivity contribution in [3.63, 3.8) is 0 Å². The zero-order chi connectivity index (χ0) is 14.4. The van der Waals surface area contributed by atoms with Crippen molar-refractivity contribution in [2.45, 2.75) is 0 Å². The number of amides is 1. The van der Waals surface area contributed by atoms with Crippen LogP contribution < -0.4 is 10.2 Å². The van der Waals surface area contributed by atoms with E-state index in [2.05, 4.69) is 15.5 Å². The summed E-state index contributed by atoms with van der Waals surface area (Å²) in [6, 6.07) is 8.15. The van der Waals surface area contributed by atoms with E-state index in [1.54, 1.807) is 30.3 Å². The number of benzene rings is 1. The van der Waals surface area contributed by atoms with Gasteiger partial charge in [0, 0.05) is 40.0 Å². The number of aromatic hydroxyl groups is 1. The molecule has 0 saturated heterocycles. The van der Waals surface area contributed by atoms with Gasteiger partial charge < -0.3 is 15.3 Å². The molecule has 1 amide bonds. The third-order valence-corrected chi connectivity index (χ3v) is 2.56. The van der Waals surface area contributed by atoms with Gasteiger partial charge in [-0.25, -0.2) is 5.43 Å². The van der Waals surface area contributed by atoms with E-state index >= 15 is 0 Å². The third-order valence-electron chi connectivity index (χ3n) is 2.56. The molecule has 2 aromatic rings. The first-order valence-electron chi connectivity index (χ1n) is 5.82. The Bertz CT molecular complexity index is 635. The molecule has 1 heterocycles. The van der Waals surface area contributed by atoms with Crippen LogP contribution in [0.15, 0.2) is 47.8 Å². The Kier molecular flexibility index (Phi) is 8.44. The number of pyridine rings is 1. The zero-order valence-electron chi connectivity index (χ0n) is 11.6. The fourth-order valence-corrected chi connectivity index (χ4v) is 1.54. The van der Waals surface area contributed by atoms with Crippen molar-refractivity contribution in [3.05, 3.63) is 53.9 Å². The summed E-state index contributed by atoms with van der Waals surface area (Å²) in [5.74, 6) is -0.0441. The molecule has 0 fully saturated rings. The minimum atomic E-state index is -0.356. The number of methoxy groups -OCH3 is 1. The number of nitrogens with one attached hydrogen (secondary N) is 1. The van der Waals surface area contributed by atoms with Crippen molar-refractivity contribution in [2.24, 2.45) is 5.10 Å². The van der Waals surface area contributed by atoms with Gasteiger partial charge in [-0.2, -0.15) is 5.10 Å². The first kappa shape index (κ1) is 19.6. The molecular weight excluding hydrogens is 333 g/mol. The summed E-state index contributed by atoms with van der Waals surface area (Å²) in [6.07, 6.45) is 4.38. The van der Waals surface area contributed by atoms with Crippen LogP contribution in [-0.2, 0) is 16.5 Å². The molecule has 1 aromatic carbocycles. The summed E-state index contributed by atoms with van der Waals surface area (Å²) in [6.45, 7) is 0. The second-order valence-corrected chi connectivity index (χ2v) is 3.83. The Morgan fingerprint density at radius 1 is 1.32 bits per heavy atom. The molecule has 8 heteroatoms. The third kappa shape index (κ3) is 4.84. The second-order valence-electron chi connectivity index (χ2n) is 3.83. The van der Waals surface area contributed by atoms with Crippen LogP contribution in [0.25, 0.3) is 0 Å². The molecular formula is C14H15N3NiO4. The fourth-order valence-electron chi connectivity index (χ4n) is 1.54. The maximum atomic E-state index is 11.7. The van der Waals surface area contributed by atoms with E-state index in [0.29, 0.717) is 16.9 Å². The number of phenols is 1. The predicted octanol–water partition coefficient (Wildman–Crippen LogP) is 0.732. The number of rotatable bonds is 4. The largest absolute Gasteiger partial charge is 0.504 e. The van der Waals surface area contributed by atoms with Crippen molar-refractivity contribution in [1.82, 2.24) is 10.4 Å². The quantitative estimate of drug-likeness (QED) is 0.482. The number of nitrogens with zero attached hydrogens (tertiary/aromatic N) is 2. The number of carbonyl (C=O) groups excluding carboxylic acids is 1. The molecule has 22 heavy (non-hydrogen) atoms. The van der Waals surface area contributed by atoms with Crippen LogP contribution in [0.1, 0.15) is 15.9 Å². The van der Waals surface area contributed by atoms with E-state index in [9.17, 15) is 9.90 Å². The summed E-state index contributed by atoms with van der Waals surface area (Å²) < 4.78 is 4.98. The van der Waals surface area contributed by atoms with Crippen LogP contribution in [0, 0.1) is 0 Å². The molecule has 0 aliphatic carbocycles. The first-order chi connectivity index (χ1) is 9.72. The zero-order valence-corrected chi connectivity index (χ0v) is 12.6. The van der Waals surface area contributed by atoms with Crippen molar-refractivity contribution in [1.29, 1.82) is 0 Å². The van der Waals surface area contributed by atoms with Gasteiger partial charge in [-0.15, -0.1) is 0 Å². The van der Waals surface area contributed by atoms with Gasteiger partial charge in [-0.05, 0) is 24.3 Å². The van der Waals surface area contributed by atoms with E-state index < -0.39 is 0 Å². The second kappa shape index (κ2) is 9.49. The average Bonchev–Trinajstić information content (AvgIpc) is 2.49. The Hall–Kier alpha value is -2.44. The van der Waals surface area contributed by atoms with Crippen LogP contribution in [0.5, 0.6) is 11.5 Å². The number of ether oxygens (including phenoxy) is 1. The minimum absolute atomic E-state index is 0. The number of hydrogen-bond acceptors (Lipinski definition) is 5. The number of hydrazone groups is 1. The smallest absolute Gasteiger partial charge is 0.271 e. The average molecular weight is 348 g/mol. The van der Waals surface area contributed by atoms with Crippen molar-refractivity contribution in [3.8, 4) is 11.5 Å². The number of aromatic nitrogens is 1. The molecule has 0 atom stereocenters. The monoisotopic (exact) mass is 347 g/mol. The SMILES string of the molecule is COc1cccc(/C=N/NC(=O)c2ccncc2)c1O.O.[Ni]. The molecule has 1 aromatic heterocycles. The van der Waals surface area contributed by atoms with Gasteiger partial charge in [0.25, 0.3) is 5.91 Å². The molecule has 0 aliphatic heterocycles. The first-order valence-corrected chi connectivity index (χ1v) is 5.82. The minimum Gasteiger partial charge on any atom is -0.504 e. The summed E-state index contributed by atoms with van der Waals surface area (Å²) in [4.78, 5) is 15.5. The van der Waals surface area contributed by atoms with Crippen molar-refractivity contribution < 1.29 is 36.6 Å². The molecule has 0 aliphatic rings. The van der Waals surface area contributed by atoms with E-state index in [0.717, 1.165) is 0 Å². The molecule has 0 unspecified atom stereocenters. The number of para-hydroxylation sites is 1. The number of hydrogen-bond donors (Lipinski definition) is 2. The van der Waals surface area contributed by atoms with Gasteiger partial charge in [-0.1, -0.05) is 6.07 Å². The summed E-state index contributed by atoms with van der Waals surface area (Å²) in [5, 5.41) is 13.6. The summed E-state index contributed by atoms with van der Waals surface area (Å²) in [5.41, 5.74) is 3.26. The molecule has 0 saturated carbocycles. The molecule has 2 rings (SSSR count). The predicted molar refractivity (Wildman–Crippen MR) is 77.6 cm³/mol. The topological polar surface area (TPSA) is 115 Å². The van der Waals surface area contributed by atoms with E-state index in [4.69, 9.17) is 4.74 Å². The molecule has 120 valence electrons. The van der Waals surface area contributed by atoms with E-state index in [1.807, 2.05) is 0 Å². The van der Waals surface area contributed by atoms with Crippen molar-refractivity contribution >= 4 is 12.1 Å². The number of phenolic OH excluding ortho intramolecular Hbond substituents is 1. The van der Waals surface area contributed by atoms with Crippen LogP contribution in [0.2, 0.25) is 0 Å². The Labute approximate surface area is 137 Å². The van der Waals surface area contributed by atoms with Gasteiger partial charge in [0.15, 0.2) is 11.5 Å². The Morgan fingerprint density at radius 3 is 2.64 bits per heavy atom.